The molecule has 5 heteroatoms. The first kappa shape index (κ1) is 17.2. The highest BCUT2D eigenvalue weighted by molar-refractivity contribution is 5.43. The molecule has 0 saturated carbocycles. The number of aromatic nitrogens is 1. The fourth-order valence-electron chi connectivity index (χ4n) is 2.15. The molecule has 0 bridgehead atoms. The van der Waals surface area contributed by atoms with Gasteiger partial charge in [-0.15, -0.1) is 0 Å². The summed E-state index contributed by atoms with van der Waals surface area (Å²) in [6, 6.07) is 9.96. The molecule has 0 fully saturated rings. The predicted octanol–water partition coefficient (Wildman–Crippen LogP) is 2.80. The average molecular weight is 316 g/mol. The minimum Gasteiger partial charge on any atom is -0.493 e. The van der Waals surface area contributed by atoms with Crippen molar-refractivity contribution >= 4 is 0 Å². The Kier molecular flexibility index (Phi) is 7.36. The van der Waals surface area contributed by atoms with Gasteiger partial charge in [-0.2, -0.15) is 0 Å². The van der Waals surface area contributed by atoms with E-state index in [4.69, 9.17) is 14.2 Å². The molecule has 0 amide bonds. The fourth-order valence-corrected chi connectivity index (χ4v) is 2.15. The topological polar surface area (TPSA) is 52.6 Å². The molecule has 1 aromatic carbocycles. The van der Waals surface area contributed by atoms with Crippen LogP contribution in [-0.2, 0) is 17.8 Å². The van der Waals surface area contributed by atoms with Gasteiger partial charge in [-0.25, -0.2) is 0 Å². The van der Waals surface area contributed by atoms with Crippen molar-refractivity contribution in [3.05, 3.63) is 53.9 Å². The van der Waals surface area contributed by atoms with Crippen LogP contribution < -0.4 is 14.8 Å². The zero-order chi connectivity index (χ0) is 16.3. The molecule has 1 heterocycles. The first-order chi connectivity index (χ1) is 11.3. The predicted molar refractivity (Wildman–Crippen MR) is 89.8 cm³/mol. The van der Waals surface area contributed by atoms with Crippen LogP contribution in [0.25, 0.3) is 0 Å². The highest BCUT2D eigenvalue weighted by Gasteiger charge is 2.06. The van der Waals surface area contributed by atoms with E-state index in [-0.39, 0.29) is 0 Å². The molecule has 1 aromatic heterocycles. The second-order valence-electron chi connectivity index (χ2n) is 5.00. The number of hydrogen-bond donors (Lipinski definition) is 1. The summed E-state index contributed by atoms with van der Waals surface area (Å²) in [6.07, 6.45) is 3.64. The van der Waals surface area contributed by atoms with Crippen LogP contribution in [0.5, 0.6) is 11.5 Å². The van der Waals surface area contributed by atoms with Crippen molar-refractivity contribution in [2.75, 3.05) is 26.9 Å². The molecule has 2 rings (SSSR count). The van der Waals surface area contributed by atoms with Crippen molar-refractivity contribution in [1.29, 1.82) is 0 Å². The summed E-state index contributed by atoms with van der Waals surface area (Å²) in [5.41, 5.74) is 2.30. The lowest BCUT2D eigenvalue weighted by Gasteiger charge is -2.12. The maximum atomic E-state index is 5.68. The van der Waals surface area contributed by atoms with E-state index in [1.165, 1.54) is 0 Å². The summed E-state index contributed by atoms with van der Waals surface area (Å²) in [7, 11) is 1.65. The van der Waals surface area contributed by atoms with Crippen LogP contribution in [0.1, 0.15) is 18.1 Å². The summed E-state index contributed by atoms with van der Waals surface area (Å²) >= 11 is 0. The summed E-state index contributed by atoms with van der Waals surface area (Å²) in [5, 5.41) is 3.39. The molecule has 2 aromatic rings. The highest BCUT2D eigenvalue weighted by atomic mass is 16.5. The molecule has 0 aliphatic rings. The number of hydrogen-bond acceptors (Lipinski definition) is 5. The Hall–Kier alpha value is -2.11. The lowest BCUT2D eigenvalue weighted by Crippen LogP contribution is -2.13. The molecular formula is C18H24N2O3. The van der Waals surface area contributed by atoms with Crippen LogP contribution in [0.15, 0.2) is 42.7 Å². The standard InChI is InChI=1S/C18H24N2O3/c1-3-22-9-10-23-17-7-6-15(11-18(17)21-2)12-20-14-16-5-4-8-19-13-16/h4-8,11,13,20H,3,9-10,12,14H2,1-2H3. The van der Waals surface area contributed by atoms with Gasteiger partial charge in [0.1, 0.15) is 6.61 Å². The van der Waals surface area contributed by atoms with Crippen LogP contribution in [-0.4, -0.2) is 31.9 Å². The van der Waals surface area contributed by atoms with Crippen molar-refractivity contribution < 1.29 is 14.2 Å². The van der Waals surface area contributed by atoms with E-state index in [9.17, 15) is 0 Å². The third kappa shape index (κ3) is 5.88. The molecule has 0 aliphatic carbocycles. The van der Waals surface area contributed by atoms with Crippen LogP contribution in [0.3, 0.4) is 0 Å². The van der Waals surface area contributed by atoms with Crippen LogP contribution in [0.4, 0.5) is 0 Å². The van der Waals surface area contributed by atoms with Gasteiger partial charge in [0.05, 0.1) is 13.7 Å². The second kappa shape index (κ2) is 9.82. The second-order valence-corrected chi connectivity index (χ2v) is 5.00. The van der Waals surface area contributed by atoms with E-state index in [2.05, 4.69) is 16.4 Å². The van der Waals surface area contributed by atoms with Crippen molar-refractivity contribution in [3.8, 4) is 11.5 Å². The van der Waals surface area contributed by atoms with E-state index in [1.54, 1.807) is 13.3 Å². The maximum absolute atomic E-state index is 5.68. The molecule has 0 spiro atoms. The van der Waals surface area contributed by atoms with Crippen LogP contribution in [0.2, 0.25) is 0 Å². The SMILES string of the molecule is CCOCCOc1ccc(CNCc2cccnc2)cc1OC. The molecule has 5 nitrogen and oxygen atoms in total. The Morgan fingerprint density at radius 1 is 1.04 bits per heavy atom. The van der Waals surface area contributed by atoms with Gasteiger partial charge in [-0.3, -0.25) is 4.98 Å². The van der Waals surface area contributed by atoms with Crippen molar-refractivity contribution in [2.45, 2.75) is 20.0 Å². The molecule has 124 valence electrons. The van der Waals surface area contributed by atoms with Gasteiger partial charge in [0.25, 0.3) is 0 Å². The quantitative estimate of drug-likeness (QED) is 0.683. The lowest BCUT2D eigenvalue weighted by atomic mass is 10.2. The Bertz CT molecular complexity index is 576. The van der Waals surface area contributed by atoms with Crippen molar-refractivity contribution in [1.82, 2.24) is 10.3 Å². The number of nitrogens with one attached hydrogen (secondary N) is 1. The van der Waals surface area contributed by atoms with Crippen LogP contribution in [0, 0.1) is 0 Å². The molecular weight excluding hydrogens is 292 g/mol. The number of nitrogens with zero attached hydrogens (tertiary/aromatic N) is 1. The minimum absolute atomic E-state index is 0.517. The zero-order valence-corrected chi connectivity index (χ0v) is 13.7. The summed E-state index contributed by atoms with van der Waals surface area (Å²) in [4.78, 5) is 4.10. The Balaban J connectivity index is 1.85. The summed E-state index contributed by atoms with van der Waals surface area (Å²) in [5.74, 6) is 1.48. The third-order valence-electron chi connectivity index (χ3n) is 3.30. The van der Waals surface area contributed by atoms with Gasteiger partial charge in [0, 0.05) is 32.1 Å². The monoisotopic (exact) mass is 316 g/mol. The van der Waals surface area contributed by atoms with E-state index < -0.39 is 0 Å². The van der Waals surface area contributed by atoms with E-state index in [0.717, 1.165) is 35.7 Å². The summed E-state index contributed by atoms with van der Waals surface area (Å²) in [6.45, 7) is 5.29. The van der Waals surface area contributed by atoms with Gasteiger partial charge in [0.15, 0.2) is 11.5 Å². The summed E-state index contributed by atoms with van der Waals surface area (Å²) < 4.78 is 16.4. The molecule has 0 aliphatic heterocycles. The van der Waals surface area contributed by atoms with Gasteiger partial charge < -0.3 is 19.5 Å². The molecule has 0 saturated heterocycles. The minimum atomic E-state index is 0.517. The van der Waals surface area contributed by atoms with Crippen LogP contribution >= 0.6 is 0 Å². The number of rotatable bonds is 10. The Morgan fingerprint density at radius 3 is 2.65 bits per heavy atom. The van der Waals surface area contributed by atoms with E-state index in [1.807, 2.05) is 37.4 Å². The number of pyridine rings is 1. The fraction of sp³-hybridized carbons (Fsp3) is 0.389. The highest BCUT2D eigenvalue weighted by Crippen LogP contribution is 2.28. The number of methoxy groups -OCH3 is 1. The van der Waals surface area contributed by atoms with Crippen molar-refractivity contribution in [3.63, 3.8) is 0 Å². The Morgan fingerprint density at radius 2 is 1.91 bits per heavy atom. The number of benzene rings is 1. The molecule has 23 heavy (non-hydrogen) atoms. The lowest BCUT2D eigenvalue weighted by molar-refractivity contribution is 0.109. The normalized spacial score (nSPS) is 10.5. The van der Waals surface area contributed by atoms with E-state index in [0.29, 0.717) is 19.8 Å². The van der Waals surface area contributed by atoms with E-state index >= 15 is 0 Å². The smallest absolute Gasteiger partial charge is 0.161 e. The first-order valence-electron chi connectivity index (χ1n) is 7.80. The zero-order valence-electron chi connectivity index (χ0n) is 13.7. The number of ether oxygens (including phenoxy) is 3. The van der Waals surface area contributed by atoms with Gasteiger partial charge in [-0.05, 0) is 36.2 Å². The van der Waals surface area contributed by atoms with Gasteiger partial charge in [-0.1, -0.05) is 12.1 Å². The van der Waals surface area contributed by atoms with Crippen molar-refractivity contribution in [2.24, 2.45) is 0 Å². The third-order valence-corrected chi connectivity index (χ3v) is 3.30. The average Bonchev–Trinajstić information content (AvgIpc) is 2.60. The largest absolute Gasteiger partial charge is 0.493 e. The molecule has 1 N–H and O–H groups in total. The molecule has 0 unspecified atom stereocenters. The van der Waals surface area contributed by atoms with Gasteiger partial charge >= 0.3 is 0 Å². The maximum Gasteiger partial charge on any atom is 0.161 e. The van der Waals surface area contributed by atoms with Gasteiger partial charge in [0.2, 0.25) is 0 Å². The molecule has 0 radical (unpaired) electrons. The molecule has 0 atom stereocenters. The Labute approximate surface area is 137 Å². The first-order valence-corrected chi connectivity index (χ1v) is 7.80.